The number of anilines is 1. The normalized spacial score (nSPS) is 17.4. The Morgan fingerprint density at radius 1 is 1.22 bits per heavy atom. The van der Waals surface area contributed by atoms with Crippen molar-refractivity contribution in [1.82, 2.24) is 9.88 Å². The zero-order chi connectivity index (χ0) is 19.0. The number of hydrogen-bond acceptors (Lipinski definition) is 5. The molecule has 0 unspecified atom stereocenters. The third-order valence-corrected chi connectivity index (χ3v) is 5.60. The smallest absolute Gasteiger partial charge is 0.254 e. The molecule has 1 saturated heterocycles. The molecule has 0 spiro atoms. The predicted octanol–water partition coefficient (Wildman–Crippen LogP) is 3.18. The molecule has 1 aliphatic heterocycles. The molecule has 2 amide bonds. The molecular formula is C20H19N3O3S. The van der Waals surface area contributed by atoms with Gasteiger partial charge in [-0.1, -0.05) is 0 Å². The van der Waals surface area contributed by atoms with E-state index in [9.17, 15) is 9.59 Å². The van der Waals surface area contributed by atoms with Crippen LogP contribution in [-0.2, 0) is 4.79 Å². The average Bonchev–Trinajstić information content (AvgIpc) is 3.17. The zero-order valence-electron chi connectivity index (χ0n) is 15.1. The largest absolute Gasteiger partial charge is 0.497 e. The number of ether oxygens (including phenoxy) is 1. The first-order valence-corrected chi connectivity index (χ1v) is 9.53. The van der Waals surface area contributed by atoms with Crippen LogP contribution in [0, 0.1) is 0 Å². The predicted molar refractivity (Wildman–Crippen MR) is 105 cm³/mol. The maximum absolute atomic E-state index is 13.0. The number of methoxy groups -OCH3 is 1. The Morgan fingerprint density at radius 3 is 2.74 bits per heavy atom. The fraction of sp³-hybridized carbons (Fsp3) is 0.250. The van der Waals surface area contributed by atoms with E-state index in [1.54, 1.807) is 28.5 Å². The number of nitrogens with zero attached hydrogens (tertiary/aromatic N) is 3. The second kappa shape index (κ2) is 7.00. The molecule has 7 heteroatoms. The Balaban J connectivity index is 1.54. The number of carbonyl (C=O) groups is 2. The van der Waals surface area contributed by atoms with Gasteiger partial charge in [0.05, 0.1) is 22.8 Å². The Bertz CT molecular complexity index is 999. The minimum atomic E-state index is -0.125. The SMILES string of the molecule is COc1ccc(N2C[C@H](C)N(C(=O)c3ccc4ncsc4c3)CC2=O)cc1. The van der Waals surface area contributed by atoms with Gasteiger partial charge in [0, 0.05) is 23.8 Å². The highest BCUT2D eigenvalue weighted by molar-refractivity contribution is 7.16. The number of fused-ring (bicyclic) bond motifs is 1. The van der Waals surface area contributed by atoms with Crippen molar-refractivity contribution in [2.24, 2.45) is 0 Å². The molecule has 27 heavy (non-hydrogen) atoms. The maximum Gasteiger partial charge on any atom is 0.254 e. The highest BCUT2D eigenvalue weighted by Gasteiger charge is 2.33. The number of aromatic nitrogens is 1. The van der Waals surface area contributed by atoms with Crippen LogP contribution in [-0.4, -0.2) is 47.9 Å². The summed E-state index contributed by atoms with van der Waals surface area (Å²) < 4.78 is 6.14. The number of carbonyl (C=O) groups excluding carboxylic acids is 2. The molecule has 0 N–H and O–H groups in total. The van der Waals surface area contributed by atoms with Gasteiger partial charge in [0.15, 0.2) is 0 Å². The molecule has 4 rings (SSSR count). The Morgan fingerprint density at radius 2 is 2.00 bits per heavy atom. The number of amides is 2. The second-order valence-corrected chi connectivity index (χ2v) is 7.41. The van der Waals surface area contributed by atoms with Crippen LogP contribution in [0.15, 0.2) is 48.0 Å². The molecular weight excluding hydrogens is 362 g/mol. The summed E-state index contributed by atoms with van der Waals surface area (Å²) in [6.07, 6.45) is 0. The summed E-state index contributed by atoms with van der Waals surface area (Å²) in [6.45, 7) is 2.48. The minimum Gasteiger partial charge on any atom is -0.497 e. The molecule has 138 valence electrons. The fourth-order valence-electron chi connectivity index (χ4n) is 3.29. The molecule has 3 aromatic rings. The highest BCUT2D eigenvalue weighted by atomic mass is 32.1. The molecule has 1 aliphatic rings. The lowest BCUT2D eigenvalue weighted by Gasteiger charge is -2.39. The van der Waals surface area contributed by atoms with Crippen molar-refractivity contribution in [3.63, 3.8) is 0 Å². The van der Waals surface area contributed by atoms with Crippen LogP contribution >= 0.6 is 11.3 Å². The van der Waals surface area contributed by atoms with Crippen molar-refractivity contribution < 1.29 is 14.3 Å². The molecule has 6 nitrogen and oxygen atoms in total. The summed E-state index contributed by atoms with van der Waals surface area (Å²) in [5.41, 5.74) is 4.04. The molecule has 0 bridgehead atoms. The van der Waals surface area contributed by atoms with Gasteiger partial charge < -0.3 is 14.5 Å². The first kappa shape index (κ1) is 17.5. The van der Waals surface area contributed by atoms with Gasteiger partial charge in [-0.05, 0) is 49.4 Å². The monoisotopic (exact) mass is 381 g/mol. The Hall–Kier alpha value is -2.93. The first-order valence-electron chi connectivity index (χ1n) is 8.65. The summed E-state index contributed by atoms with van der Waals surface area (Å²) in [5.74, 6) is 0.525. The van der Waals surface area contributed by atoms with Gasteiger partial charge >= 0.3 is 0 Å². The van der Waals surface area contributed by atoms with Crippen molar-refractivity contribution >= 4 is 39.1 Å². The number of hydrogen-bond donors (Lipinski definition) is 0. The van der Waals surface area contributed by atoms with E-state index in [2.05, 4.69) is 4.98 Å². The van der Waals surface area contributed by atoms with Crippen molar-refractivity contribution in [3.8, 4) is 5.75 Å². The summed E-state index contributed by atoms with van der Waals surface area (Å²) in [4.78, 5) is 33.3. The Labute approximate surface area is 161 Å². The lowest BCUT2D eigenvalue weighted by atomic mass is 10.1. The van der Waals surface area contributed by atoms with Crippen LogP contribution in [0.3, 0.4) is 0 Å². The highest BCUT2D eigenvalue weighted by Crippen LogP contribution is 2.25. The van der Waals surface area contributed by atoms with Crippen molar-refractivity contribution in [1.29, 1.82) is 0 Å². The summed E-state index contributed by atoms with van der Waals surface area (Å²) in [7, 11) is 1.61. The minimum absolute atomic E-state index is 0.0623. The first-order chi connectivity index (χ1) is 13.1. The van der Waals surface area contributed by atoms with Crippen molar-refractivity contribution in [2.75, 3.05) is 25.1 Å². The van der Waals surface area contributed by atoms with E-state index in [0.717, 1.165) is 21.7 Å². The van der Waals surface area contributed by atoms with Crippen LogP contribution in [0.1, 0.15) is 17.3 Å². The van der Waals surface area contributed by atoms with E-state index < -0.39 is 0 Å². The maximum atomic E-state index is 13.0. The molecule has 1 fully saturated rings. The summed E-state index contributed by atoms with van der Waals surface area (Å²) >= 11 is 1.50. The topological polar surface area (TPSA) is 62.7 Å². The zero-order valence-corrected chi connectivity index (χ0v) is 15.9. The number of benzene rings is 2. The third-order valence-electron chi connectivity index (χ3n) is 4.81. The van der Waals surface area contributed by atoms with E-state index >= 15 is 0 Å². The van der Waals surface area contributed by atoms with Crippen LogP contribution in [0.5, 0.6) is 5.75 Å². The van der Waals surface area contributed by atoms with Crippen LogP contribution in [0.2, 0.25) is 0 Å². The number of rotatable bonds is 3. The molecule has 0 aliphatic carbocycles. The molecule has 2 heterocycles. The molecule has 1 atom stereocenters. The fourth-order valence-corrected chi connectivity index (χ4v) is 4.01. The van der Waals surface area contributed by atoms with Crippen molar-refractivity contribution in [3.05, 3.63) is 53.5 Å². The molecule has 0 radical (unpaired) electrons. The van der Waals surface area contributed by atoms with Crippen molar-refractivity contribution in [2.45, 2.75) is 13.0 Å². The summed E-state index contributed by atoms with van der Waals surface area (Å²) in [5, 5.41) is 0. The Kier molecular flexibility index (Phi) is 4.53. The second-order valence-electron chi connectivity index (χ2n) is 6.52. The van der Waals surface area contributed by atoms with Gasteiger partial charge in [0.1, 0.15) is 12.3 Å². The molecule has 1 aromatic heterocycles. The van der Waals surface area contributed by atoms with Gasteiger partial charge in [-0.2, -0.15) is 0 Å². The van der Waals surface area contributed by atoms with E-state index in [0.29, 0.717) is 12.1 Å². The van der Waals surface area contributed by atoms with Gasteiger partial charge in [0.25, 0.3) is 5.91 Å². The van der Waals surface area contributed by atoms with Crippen LogP contribution in [0.25, 0.3) is 10.2 Å². The quantitative estimate of drug-likeness (QED) is 0.699. The number of piperazine rings is 1. The van der Waals surface area contributed by atoms with E-state index in [-0.39, 0.29) is 24.4 Å². The molecule has 2 aromatic carbocycles. The van der Waals surface area contributed by atoms with Gasteiger partial charge in [-0.3, -0.25) is 9.59 Å². The van der Waals surface area contributed by atoms with Gasteiger partial charge in [-0.25, -0.2) is 4.98 Å². The van der Waals surface area contributed by atoms with E-state index in [1.807, 2.05) is 43.3 Å². The average molecular weight is 381 g/mol. The van der Waals surface area contributed by atoms with Crippen LogP contribution in [0.4, 0.5) is 5.69 Å². The van der Waals surface area contributed by atoms with Gasteiger partial charge in [-0.15, -0.1) is 11.3 Å². The molecule has 0 saturated carbocycles. The van der Waals surface area contributed by atoms with E-state index in [4.69, 9.17) is 4.74 Å². The van der Waals surface area contributed by atoms with Crippen LogP contribution < -0.4 is 9.64 Å². The summed E-state index contributed by atoms with van der Waals surface area (Å²) in [6, 6.07) is 12.8. The lowest BCUT2D eigenvalue weighted by Crippen LogP contribution is -2.57. The van der Waals surface area contributed by atoms with E-state index in [1.165, 1.54) is 11.3 Å². The standard InChI is InChI=1S/C20H19N3O3S/c1-13-10-23(15-4-6-16(26-2)7-5-15)19(24)11-22(13)20(25)14-3-8-17-18(9-14)27-12-21-17/h3-9,12-13H,10-11H2,1-2H3/t13-/m0/s1. The lowest BCUT2D eigenvalue weighted by molar-refractivity contribution is -0.121. The third kappa shape index (κ3) is 3.26. The van der Waals surface area contributed by atoms with Gasteiger partial charge in [0.2, 0.25) is 5.91 Å². The number of thiazole rings is 1.